The van der Waals surface area contributed by atoms with Crippen molar-refractivity contribution in [2.45, 2.75) is 109 Å². The lowest BCUT2D eigenvalue weighted by Gasteiger charge is -2.40. The minimum absolute atomic E-state index is 0.0264. The molecule has 0 aliphatic carbocycles. The number of nitrogens with two attached hydrogens (primary N) is 1. The van der Waals surface area contributed by atoms with Crippen LogP contribution < -0.4 is 16.6 Å². The van der Waals surface area contributed by atoms with Crippen molar-refractivity contribution in [3.63, 3.8) is 0 Å². The molecule has 4 unspecified atom stereocenters. The molecule has 3 N–H and O–H groups in total. The summed E-state index contributed by atoms with van der Waals surface area (Å²) in [5.41, 5.74) is 4.89. The van der Waals surface area contributed by atoms with Gasteiger partial charge in [-0.25, -0.2) is 14.3 Å². The van der Waals surface area contributed by atoms with Crippen LogP contribution in [0.1, 0.15) is 65.1 Å². The molecule has 4 atom stereocenters. The Kier molecular flexibility index (Phi) is 10.3. The Morgan fingerprint density at radius 3 is 2.12 bits per heavy atom. The van der Waals surface area contributed by atoms with Crippen molar-refractivity contribution in [3.8, 4) is 0 Å². The molecule has 16 heteroatoms. The summed E-state index contributed by atoms with van der Waals surface area (Å²) in [6, 6.07) is 8.16. The molecule has 14 nitrogen and oxygen atoms in total. The molecule has 0 radical (unpaired) electrons. The van der Waals surface area contributed by atoms with Gasteiger partial charge in [0.05, 0.1) is 12.9 Å². The van der Waals surface area contributed by atoms with Gasteiger partial charge < -0.3 is 24.1 Å². The van der Waals surface area contributed by atoms with Gasteiger partial charge in [-0.05, 0) is 48.4 Å². The van der Waals surface area contributed by atoms with E-state index >= 15 is 0 Å². The number of ether oxygens (including phenoxy) is 2. The molecule has 3 heterocycles. The van der Waals surface area contributed by atoms with Crippen molar-refractivity contribution in [1.82, 2.24) is 19.1 Å². The summed E-state index contributed by atoms with van der Waals surface area (Å²) in [6.45, 7) is 22.2. The Bertz CT molecular complexity index is 1740. The Morgan fingerprint density at radius 2 is 1.58 bits per heavy atom. The number of nitrogens with one attached hydrogen (secondary N) is 1. The standard InChI is InChI=1S/C32H48N6O8Si2/c1-19(39)35-30-36-25-22(27(41)38(30)26(40)20-15-13-12-14-16-20)34-18-37(25)28-24(46-48(10,11)32(5,6)7)23(45-29(33)42)21(44-28)17-43-47(8,9)31(2,3)4/h12-16,18,21,23-24,28H,17H2,1-11H3,(H2,33,42)(H,35,36,39). The number of fused-ring (bicyclic) bond motifs is 1. The van der Waals surface area contributed by atoms with Gasteiger partial charge in [0.15, 0.2) is 40.1 Å². The van der Waals surface area contributed by atoms with E-state index in [0.29, 0.717) is 0 Å². The van der Waals surface area contributed by atoms with E-state index in [4.69, 9.17) is 24.1 Å². The largest absolute Gasteiger partial charge is 0.441 e. The first-order chi connectivity index (χ1) is 22.1. The van der Waals surface area contributed by atoms with E-state index in [1.807, 2.05) is 0 Å². The minimum Gasteiger partial charge on any atom is -0.441 e. The molecule has 262 valence electrons. The van der Waals surface area contributed by atoms with Gasteiger partial charge in [0, 0.05) is 12.5 Å². The van der Waals surface area contributed by atoms with E-state index in [9.17, 15) is 19.2 Å². The summed E-state index contributed by atoms with van der Waals surface area (Å²) < 4.78 is 28.0. The molecule has 1 saturated heterocycles. The second-order valence-electron chi connectivity index (χ2n) is 15.1. The van der Waals surface area contributed by atoms with E-state index in [-0.39, 0.29) is 39.4 Å². The lowest BCUT2D eigenvalue weighted by Crippen LogP contribution is -2.51. The van der Waals surface area contributed by atoms with Crippen molar-refractivity contribution in [3.05, 3.63) is 52.6 Å². The highest BCUT2D eigenvalue weighted by atomic mass is 28.4. The third kappa shape index (κ3) is 7.46. The van der Waals surface area contributed by atoms with Crippen LogP contribution in [0.3, 0.4) is 0 Å². The number of anilines is 1. The molecule has 1 fully saturated rings. The summed E-state index contributed by atoms with van der Waals surface area (Å²) in [6.07, 6.45) is -3.37. The topological polar surface area (TPSA) is 179 Å². The summed E-state index contributed by atoms with van der Waals surface area (Å²) in [4.78, 5) is 60.9. The van der Waals surface area contributed by atoms with Gasteiger partial charge in [-0.3, -0.25) is 24.3 Å². The molecular formula is C32H48N6O8Si2. The smallest absolute Gasteiger partial charge is 0.404 e. The maximum absolute atomic E-state index is 13.9. The number of nitrogens with zero attached hydrogens (tertiary/aromatic N) is 4. The van der Waals surface area contributed by atoms with E-state index < -0.39 is 64.6 Å². The van der Waals surface area contributed by atoms with Crippen molar-refractivity contribution in [2.75, 3.05) is 11.9 Å². The average molecular weight is 701 g/mol. The van der Waals surface area contributed by atoms with Crippen LogP contribution >= 0.6 is 0 Å². The number of rotatable bonds is 9. The molecular weight excluding hydrogens is 653 g/mol. The fourth-order valence-corrected chi connectivity index (χ4v) is 7.08. The van der Waals surface area contributed by atoms with Gasteiger partial charge in [0.25, 0.3) is 11.5 Å². The summed E-state index contributed by atoms with van der Waals surface area (Å²) in [7, 11) is -4.85. The third-order valence-corrected chi connectivity index (χ3v) is 18.5. The Labute approximate surface area is 282 Å². The first kappa shape index (κ1) is 37.1. The molecule has 1 aromatic carbocycles. The van der Waals surface area contributed by atoms with Crippen LogP contribution in [0.2, 0.25) is 36.3 Å². The summed E-state index contributed by atoms with van der Waals surface area (Å²) in [5, 5.41) is 2.16. The molecule has 3 aromatic rings. The molecule has 0 saturated carbocycles. The van der Waals surface area contributed by atoms with Gasteiger partial charge in [0.1, 0.15) is 12.2 Å². The monoisotopic (exact) mass is 700 g/mol. The number of hydrogen-bond acceptors (Lipinski definition) is 10. The fraction of sp³-hybridized carbons (Fsp3) is 0.562. The Morgan fingerprint density at radius 1 is 0.979 bits per heavy atom. The second kappa shape index (κ2) is 13.3. The summed E-state index contributed by atoms with van der Waals surface area (Å²) in [5.74, 6) is -1.53. The number of aromatic nitrogens is 4. The highest BCUT2D eigenvalue weighted by Gasteiger charge is 2.54. The highest BCUT2D eigenvalue weighted by molar-refractivity contribution is 6.74. The van der Waals surface area contributed by atoms with Crippen molar-refractivity contribution >= 4 is 51.7 Å². The predicted octanol–water partition coefficient (Wildman–Crippen LogP) is 5.01. The van der Waals surface area contributed by atoms with Crippen molar-refractivity contribution < 1.29 is 32.7 Å². The quantitative estimate of drug-likeness (QED) is 0.288. The lowest BCUT2D eigenvalue weighted by molar-refractivity contribution is -0.114. The SMILES string of the molecule is CC(=O)Nc1nc2c(ncn2C2OC(CO[Si](C)(C)C(C)(C)C)C(OC(N)=O)C2O[Si](C)(C)C(C)(C)C)c(=O)n1C(=O)c1ccccc1. The van der Waals surface area contributed by atoms with Gasteiger partial charge >= 0.3 is 6.09 Å². The number of carbonyl (C=O) groups is 3. The maximum Gasteiger partial charge on any atom is 0.404 e. The number of carbonyl (C=O) groups excluding carboxylic acids is 3. The van der Waals surface area contributed by atoms with Crippen LogP contribution in [0.4, 0.5) is 10.7 Å². The average Bonchev–Trinajstić information content (AvgIpc) is 3.51. The zero-order chi connectivity index (χ0) is 36.0. The number of hydrogen-bond donors (Lipinski definition) is 2. The van der Waals surface area contributed by atoms with Crippen LogP contribution in [-0.2, 0) is 23.1 Å². The minimum atomic E-state index is -2.57. The molecule has 1 aliphatic heterocycles. The number of imidazole rings is 1. The van der Waals surface area contributed by atoms with E-state index in [2.05, 4.69) is 83.0 Å². The van der Waals surface area contributed by atoms with Gasteiger partial charge in [-0.2, -0.15) is 4.98 Å². The highest BCUT2D eigenvalue weighted by Crippen LogP contribution is 2.44. The zero-order valence-corrected chi connectivity index (χ0v) is 31.6. The summed E-state index contributed by atoms with van der Waals surface area (Å²) >= 11 is 0. The van der Waals surface area contributed by atoms with E-state index in [1.165, 1.54) is 17.8 Å². The molecule has 48 heavy (non-hydrogen) atoms. The third-order valence-electron chi connectivity index (χ3n) is 9.57. The Balaban J connectivity index is 1.89. The molecule has 0 spiro atoms. The number of benzene rings is 1. The van der Waals surface area contributed by atoms with Crippen LogP contribution in [0.25, 0.3) is 11.2 Å². The molecule has 0 bridgehead atoms. The van der Waals surface area contributed by atoms with Crippen LogP contribution in [0, 0.1) is 0 Å². The van der Waals surface area contributed by atoms with Crippen LogP contribution in [0.15, 0.2) is 41.5 Å². The van der Waals surface area contributed by atoms with Crippen molar-refractivity contribution in [1.29, 1.82) is 0 Å². The van der Waals surface area contributed by atoms with Crippen molar-refractivity contribution in [2.24, 2.45) is 5.73 Å². The number of primary amides is 1. The van der Waals surface area contributed by atoms with Crippen LogP contribution in [0.5, 0.6) is 0 Å². The normalized spacial score (nSPS) is 20.6. The van der Waals surface area contributed by atoms with Gasteiger partial charge in [-0.1, -0.05) is 59.7 Å². The van der Waals surface area contributed by atoms with Gasteiger partial charge in [-0.15, -0.1) is 0 Å². The first-order valence-electron chi connectivity index (χ1n) is 15.9. The first-order valence-corrected chi connectivity index (χ1v) is 21.7. The maximum atomic E-state index is 13.9. The lowest BCUT2D eigenvalue weighted by atomic mass is 10.1. The Hall–Kier alpha value is -3.71. The molecule has 2 amide bonds. The van der Waals surface area contributed by atoms with E-state index in [1.54, 1.807) is 30.3 Å². The molecule has 1 aliphatic rings. The predicted molar refractivity (Wildman–Crippen MR) is 186 cm³/mol. The zero-order valence-electron chi connectivity index (χ0n) is 29.6. The molecule has 2 aromatic heterocycles. The number of amides is 2. The van der Waals surface area contributed by atoms with Crippen LogP contribution in [-0.4, -0.2) is 78.6 Å². The fourth-order valence-electron chi connectivity index (χ4n) is 4.79. The van der Waals surface area contributed by atoms with E-state index in [0.717, 1.165) is 4.57 Å². The second-order valence-corrected chi connectivity index (χ2v) is 24.7. The molecule has 4 rings (SSSR count). The van der Waals surface area contributed by atoms with Gasteiger partial charge in [0.2, 0.25) is 11.9 Å².